The minimum absolute atomic E-state index is 0.178. The molecule has 0 saturated carbocycles. The highest BCUT2D eigenvalue weighted by Crippen LogP contribution is 2.26. The van der Waals surface area contributed by atoms with Crippen molar-refractivity contribution in [2.45, 2.75) is 19.0 Å². The SMILES string of the molecule is c1cc(Cn2cccn2)cc([C@@H]2NCCc3[nH]cnc32)c1. The third-order valence-corrected chi connectivity index (χ3v) is 3.94. The van der Waals surface area contributed by atoms with E-state index in [1.165, 1.54) is 16.8 Å². The summed E-state index contributed by atoms with van der Waals surface area (Å²) in [5.41, 5.74) is 4.88. The first-order valence-corrected chi connectivity index (χ1v) is 7.22. The number of fused-ring (bicyclic) bond motifs is 1. The summed E-state index contributed by atoms with van der Waals surface area (Å²) >= 11 is 0. The Morgan fingerprint density at radius 1 is 1.29 bits per heavy atom. The van der Waals surface area contributed by atoms with Gasteiger partial charge in [-0.05, 0) is 17.2 Å². The molecule has 0 spiro atoms. The molecule has 0 amide bonds. The first-order chi connectivity index (χ1) is 10.4. The summed E-state index contributed by atoms with van der Waals surface area (Å²) < 4.78 is 1.94. The second-order valence-corrected chi connectivity index (χ2v) is 5.35. The largest absolute Gasteiger partial charge is 0.348 e. The quantitative estimate of drug-likeness (QED) is 0.769. The first kappa shape index (κ1) is 12.3. The van der Waals surface area contributed by atoms with Gasteiger partial charge in [0.2, 0.25) is 0 Å². The van der Waals surface area contributed by atoms with E-state index in [0.29, 0.717) is 0 Å². The molecule has 1 atom stereocenters. The molecule has 4 rings (SSSR count). The number of hydrogen-bond donors (Lipinski definition) is 2. The van der Waals surface area contributed by atoms with E-state index in [1.807, 2.05) is 23.1 Å². The molecule has 0 unspecified atom stereocenters. The Morgan fingerprint density at radius 3 is 3.19 bits per heavy atom. The summed E-state index contributed by atoms with van der Waals surface area (Å²) in [6.45, 7) is 1.77. The van der Waals surface area contributed by atoms with E-state index in [1.54, 1.807) is 6.33 Å². The molecule has 0 radical (unpaired) electrons. The van der Waals surface area contributed by atoms with Crippen LogP contribution >= 0.6 is 0 Å². The standard InChI is InChI=1S/C16H17N5/c1-3-12(10-21-8-2-6-20-21)9-13(4-1)15-16-14(5-7-17-15)18-11-19-16/h1-4,6,8-9,11,15,17H,5,7,10H2,(H,18,19)/t15-/m0/s1. The van der Waals surface area contributed by atoms with Crippen molar-refractivity contribution in [3.8, 4) is 0 Å². The van der Waals surface area contributed by atoms with Crippen molar-refractivity contribution in [2.24, 2.45) is 0 Å². The number of nitrogens with one attached hydrogen (secondary N) is 2. The lowest BCUT2D eigenvalue weighted by Crippen LogP contribution is -2.30. The maximum atomic E-state index is 4.48. The molecule has 21 heavy (non-hydrogen) atoms. The topological polar surface area (TPSA) is 58.5 Å². The zero-order chi connectivity index (χ0) is 14.1. The van der Waals surface area contributed by atoms with Crippen LogP contribution in [0.3, 0.4) is 0 Å². The van der Waals surface area contributed by atoms with Crippen LogP contribution in [0.2, 0.25) is 0 Å². The minimum atomic E-state index is 0.178. The van der Waals surface area contributed by atoms with Gasteiger partial charge >= 0.3 is 0 Å². The number of aromatic nitrogens is 4. The van der Waals surface area contributed by atoms with Crippen molar-refractivity contribution < 1.29 is 0 Å². The number of H-pyrrole nitrogens is 1. The first-order valence-electron chi connectivity index (χ1n) is 7.22. The molecule has 2 N–H and O–H groups in total. The molecule has 0 aliphatic carbocycles. The lowest BCUT2D eigenvalue weighted by molar-refractivity contribution is 0.552. The van der Waals surface area contributed by atoms with Gasteiger partial charge in [-0.1, -0.05) is 24.3 Å². The normalized spacial score (nSPS) is 17.6. The number of benzene rings is 1. The van der Waals surface area contributed by atoms with E-state index in [2.05, 4.69) is 44.6 Å². The van der Waals surface area contributed by atoms with E-state index in [9.17, 15) is 0 Å². The van der Waals surface area contributed by atoms with Crippen molar-refractivity contribution in [2.75, 3.05) is 6.54 Å². The summed E-state index contributed by atoms with van der Waals surface area (Å²) in [5, 5.41) is 7.82. The average Bonchev–Trinajstić information content (AvgIpc) is 3.18. The van der Waals surface area contributed by atoms with Crippen LogP contribution in [0.25, 0.3) is 0 Å². The van der Waals surface area contributed by atoms with Gasteiger partial charge in [-0.25, -0.2) is 4.98 Å². The van der Waals surface area contributed by atoms with Crippen LogP contribution in [0.15, 0.2) is 49.1 Å². The molecule has 0 bridgehead atoms. The van der Waals surface area contributed by atoms with Crippen molar-refractivity contribution in [1.82, 2.24) is 25.1 Å². The van der Waals surface area contributed by atoms with Crippen LogP contribution in [0.5, 0.6) is 0 Å². The van der Waals surface area contributed by atoms with Gasteiger partial charge in [0.05, 0.1) is 24.6 Å². The molecule has 5 heteroatoms. The summed E-state index contributed by atoms with van der Waals surface area (Å²) in [5.74, 6) is 0. The summed E-state index contributed by atoms with van der Waals surface area (Å²) in [4.78, 5) is 7.73. The van der Waals surface area contributed by atoms with Gasteiger partial charge in [0.15, 0.2) is 0 Å². The maximum Gasteiger partial charge on any atom is 0.0926 e. The van der Waals surface area contributed by atoms with E-state index in [4.69, 9.17) is 0 Å². The van der Waals surface area contributed by atoms with E-state index in [-0.39, 0.29) is 6.04 Å². The van der Waals surface area contributed by atoms with Gasteiger partial charge in [-0.3, -0.25) is 4.68 Å². The second-order valence-electron chi connectivity index (χ2n) is 5.35. The van der Waals surface area contributed by atoms with Crippen LogP contribution in [-0.4, -0.2) is 26.3 Å². The highest BCUT2D eigenvalue weighted by molar-refractivity contribution is 5.34. The van der Waals surface area contributed by atoms with Crippen molar-refractivity contribution in [1.29, 1.82) is 0 Å². The molecule has 1 aliphatic rings. The lowest BCUT2D eigenvalue weighted by atomic mass is 9.96. The van der Waals surface area contributed by atoms with Gasteiger partial charge in [0.25, 0.3) is 0 Å². The summed E-state index contributed by atoms with van der Waals surface area (Å²) in [6, 6.07) is 10.8. The van der Waals surface area contributed by atoms with Gasteiger partial charge in [0, 0.05) is 31.1 Å². The number of aromatic amines is 1. The number of nitrogens with zero attached hydrogens (tertiary/aromatic N) is 3. The lowest BCUT2D eigenvalue weighted by Gasteiger charge is -2.23. The molecule has 3 aromatic rings. The van der Waals surface area contributed by atoms with Crippen LogP contribution < -0.4 is 5.32 Å². The van der Waals surface area contributed by atoms with E-state index >= 15 is 0 Å². The van der Waals surface area contributed by atoms with Crippen LogP contribution in [0, 0.1) is 0 Å². The van der Waals surface area contributed by atoms with Crippen molar-refractivity contribution >= 4 is 0 Å². The molecular weight excluding hydrogens is 262 g/mol. The number of imidazole rings is 1. The third kappa shape index (κ3) is 2.36. The number of rotatable bonds is 3. The summed E-state index contributed by atoms with van der Waals surface area (Å²) in [6.07, 6.45) is 6.59. The molecule has 2 aromatic heterocycles. The highest BCUT2D eigenvalue weighted by Gasteiger charge is 2.23. The molecule has 0 fully saturated rings. The van der Waals surface area contributed by atoms with Crippen LogP contribution in [-0.2, 0) is 13.0 Å². The fraction of sp³-hybridized carbons (Fsp3) is 0.250. The van der Waals surface area contributed by atoms with E-state index in [0.717, 1.165) is 25.2 Å². The predicted octanol–water partition coefficient (Wildman–Crippen LogP) is 1.89. The van der Waals surface area contributed by atoms with Gasteiger partial charge in [-0.15, -0.1) is 0 Å². The summed E-state index contributed by atoms with van der Waals surface area (Å²) in [7, 11) is 0. The Balaban J connectivity index is 1.65. The average molecular weight is 279 g/mol. The molecule has 0 saturated heterocycles. The predicted molar refractivity (Wildman–Crippen MR) is 79.9 cm³/mol. The molecule has 106 valence electrons. The van der Waals surface area contributed by atoms with Crippen LogP contribution in [0.1, 0.15) is 28.6 Å². The van der Waals surface area contributed by atoms with E-state index < -0.39 is 0 Å². The fourth-order valence-corrected chi connectivity index (χ4v) is 2.95. The molecular formula is C16H17N5. The second kappa shape index (κ2) is 5.18. The number of hydrogen-bond acceptors (Lipinski definition) is 3. The molecule has 1 aromatic carbocycles. The van der Waals surface area contributed by atoms with Crippen molar-refractivity contribution in [3.05, 3.63) is 71.6 Å². The van der Waals surface area contributed by atoms with Crippen molar-refractivity contribution in [3.63, 3.8) is 0 Å². The van der Waals surface area contributed by atoms with Gasteiger partial charge in [0.1, 0.15) is 0 Å². The Bertz CT molecular complexity index is 729. The van der Waals surface area contributed by atoms with Gasteiger partial charge < -0.3 is 10.3 Å². The Hall–Kier alpha value is -2.40. The molecule has 5 nitrogen and oxygen atoms in total. The minimum Gasteiger partial charge on any atom is -0.348 e. The Kier molecular flexibility index (Phi) is 3.05. The Labute approximate surface area is 123 Å². The van der Waals surface area contributed by atoms with Gasteiger partial charge in [-0.2, -0.15) is 5.10 Å². The zero-order valence-corrected chi connectivity index (χ0v) is 11.7. The van der Waals surface area contributed by atoms with Crippen LogP contribution in [0.4, 0.5) is 0 Å². The molecule has 3 heterocycles. The maximum absolute atomic E-state index is 4.48. The fourth-order valence-electron chi connectivity index (χ4n) is 2.95. The molecule has 1 aliphatic heterocycles. The monoisotopic (exact) mass is 279 g/mol. The highest BCUT2D eigenvalue weighted by atomic mass is 15.3. The third-order valence-electron chi connectivity index (χ3n) is 3.94. The smallest absolute Gasteiger partial charge is 0.0926 e. The zero-order valence-electron chi connectivity index (χ0n) is 11.7. The Morgan fingerprint density at radius 2 is 2.29 bits per heavy atom.